The first-order valence-electron chi connectivity index (χ1n) is 6.26. The highest BCUT2D eigenvalue weighted by molar-refractivity contribution is 5.68. The van der Waals surface area contributed by atoms with E-state index in [0.717, 1.165) is 17.0 Å². The number of rotatable bonds is 3. The molecular weight excluding hydrogens is 240 g/mol. The van der Waals surface area contributed by atoms with Gasteiger partial charge in [0.25, 0.3) is 0 Å². The minimum Gasteiger partial charge on any atom is -0.496 e. The second-order valence-corrected chi connectivity index (χ2v) is 5.34. The summed E-state index contributed by atoms with van der Waals surface area (Å²) in [7, 11) is 1.65. The van der Waals surface area contributed by atoms with Crippen LogP contribution >= 0.6 is 0 Å². The number of aryl methyl sites for hydroxylation is 2. The van der Waals surface area contributed by atoms with Crippen molar-refractivity contribution in [2.45, 2.75) is 33.3 Å². The van der Waals surface area contributed by atoms with E-state index < -0.39 is 5.60 Å². The van der Waals surface area contributed by atoms with E-state index in [4.69, 9.17) is 4.74 Å². The monoisotopic (exact) mass is 260 g/mol. The number of hydrogen-bond donors (Lipinski definition) is 2. The van der Waals surface area contributed by atoms with E-state index in [9.17, 15) is 5.11 Å². The number of aromatic amines is 1. The summed E-state index contributed by atoms with van der Waals surface area (Å²) in [6.45, 7) is 7.52. The van der Waals surface area contributed by atoms with Gasteiger partial charge in [-0.1, -0.05) is 0 Å². The summed E-state index contributed by atoms with van der Waals surface area (Å²) in [5.74, 6) is 1.34. The molecular formula is C15H20N2O2. The maximum atomic E-state index is 9.95. The van der Waals surface area contributed by atoms with Gasteiger partial charge >= 0.3 is 0 Å². The van der Waals surface area contributed by atoms with Gasteiger partial charge in [0.15, 0.2) is 0 Å². The van der Waals surface area contributed by atoms with E-state index in [1.165, 1.54) is 11.1 Å². The lowest BCUT2D eigenvalue weighted by molar-refractivity contribution is 0.0697. The molecule has 0 fully saturated rings. The van der Waals surface area contributed by atoms with Crippen molar-refractivity contribution in [3.63, 3.8) is 0 Å². The number of nitrogens with zero attached hydrogens (tertiary/aromatic N) is 1. The van der Waals surface area contributed by atoms with Gasteiger partial charge in [0.05, 0.1) is 19.0 Å². The number of H-pyrrole nitrogens is 1. The summed E-state index contributed by atoms with van der Waals surface area (Å²) in [6.07, 6.45) is 1.72. The Bertz CT molecular complexity index is 595. The van der Waals surface area contributed by atoms with Gasteiger partial charge in [-0.3, -0.25) is 0 Å². The normalized spacial score (nSPS) is 11.7. The number of aliphatic hydroxyl groups is 1. The molecule has 0 saturated carbocycles. The molecule has 1 aromatic heterocycles. The number of benzene rings is 1. The Morgan fingerprint density at radius 3 is 2.37 bits per heavy atom. The summed E-state index contributed by atoms with van der Waals surface area (Å²) < 4.78 is 5.42. The number of imidazole rings is 1. The van der Waals surface area contributed by atoms with Crippen molar-refractivity contribution in [3.05, 3.63) is 35.3 Å². The molecule has 4 heteroatoms. The number of methoxy groups -OCH3 is 1. The van der Waals surface area contributed by atoms with Gasteiger partial charge in [0.1, 0.15) is 17.2 Å². The molecule has 0 aliphatic heterocycles. The summed E-state index contributed by atoms with van der Waals surface area (Å²) >= 11 is 0. The number of aromatic nitrogens is 2. The van der Waals surface area contributed by atoms with Crippen molar-refractivity contribution in [2.75, 3.05) is 7.11 Å². The molecule has 0 aliphatic rings. The van der Waals surface area contributed by atoms with Gasteiger partial charge < -0.3 is 14.8 Å². The Labute approximate surface area is 113 Å². The van der Waals surface area contributed by atoms with Crippen LogP contribution in [0.4, 0.5) is 0 Å². The zero-order valence-corrected chi connectivity index (χ0v) is 12.0. The van der Waals surface area contributed by atoms with Crippen LogP contribution in [0.25, 0.3) is 11.3 Å². The lowest BCUT2D eigenvalue weighted by atomic mass is 10.0. The molecule has 0 radical (unpaired) electrons. The minimum absolute atomic E-state index is 0.544. The molecule has 0 atom stereocenters. The zero-order valence-electron chi connectivity index (χ0n) is 12.0. The maximum Gasteiger partial charge on any atom is 0.138 e. The average Bonchev–Trinajstić information content (AvgIpc) is 2.81. The molecule has 4 nitrogen and oxygen atoms in total. The molecule has 2 N–H and O–H groups in total. The largest absolute Gasteiger partial charge is 0.496 e. The molecule has 102 valence electrons. The molecule has 0 amide bonds. The lowest BCUT2D eigenvalue weighted by Gasteiger charge is -2.14. The minimum atomic E-state index is -0.981. The van der Waals surface area contributed by atoms with E-state index in [2.05, 4.69) is 29.9 Å². The van der Waals surface area contributed by atoms with Gasteiger partial charge in [0.2, 0.25) is 0 Å². The van der Waals surface area contributed by atoms with Crippen molar-refractivity contribution in [3.8, 4) is 17.0 Å². The van der Waals surface area contributed by atoms with E-state index in [0.29, 0.717) is 5.82 Å². The molecule has 2 aromatic rings. The molecule has 0 spiro atoms. The second kappa shape index (κ2) is 4.70. The van der Waals surface area contributed by atoms with Crippen LogP contribution in [0.15, 0.2) is 18.3 Å². The van der Waals surface area contributed by atoms with E-state index in [-0.39, 0.29) is 0 Å². The van der Waals surface area contributed by atoms with E-state index in [1.807, 2.05) is 6.07 Å². The van der Waals surface area contributed by atoms with Crippen LogP contribution in [0.1, 0.15) is 30.8 Å². The van der Waals surface area contributed by atoms with Gasteiger partial charge in [-0.2, -0.15) is 0 Å². The summed E-state index contributed by atoms with van der Waals surface area (Å²) in [5.41, 5.74) is 3.19. The fourth-order valence-electron chi connectivity index (χ4n) is 1.94. The Balaban J connectivity index is 2.53. The Hall–Kier alpha value is -1.81. The van der Waals surface area contributed by atoms with Gasteiger partial charge in [-0.05, 0) is 51.0 Å². The van der Waals surface area contributed by atoms with Crippen molar-refractivity contribution < 1.29 is 9.84 Å². The smallest absolute Gasteiger partial charge is 0.138 e. The van der Waals surface area contributed by atoms with Crippen molar-refractivity contribution in [1.29, 1.82) is 0 Å². The predicted octanol–water partition coefficient (Wildman–Crippen LogP) is 2.93. The third-order valence-corrected chi connectivity index (χ3v) is 3.26. The fraction of sp³-hybridized carbons (Fsp3) is 0.400. The number of hydrogen-bond acceptors (Lipinski definition) is 3. The Morgan fingerprint density at radius 1 is 1.21 bits per heavy atom. The van der Waals surface area contributed by atoms with Crippen LogP contribution in [0.2, 0.25) is 0 Å². The second-order valence-electron chi connectivity index (χ2n) is 5.34. The SMILES string of the molecule is COc1cc(C)c(C)cc1-c1cnc(C(C)(C)O)[nH]1. The van der Waals surface area contributed by atoms with Crippen molar-refractivity contribution in [2.24, 2.45) is 0 Å². The maximum absolute atomic E-state index is 9.95. The van der Waals surface area contributed by atoms with E-state index >= 15 is 0 Å². The van der Waals surface area contributed by atoms with Crippen LogP contribution in [-0.4, -0.2) is 22.2 Å². The topological polar surface area (TPSA) is 58.1 Å². The first-order valence-corrected chi connectivity index (χ1v) is 6.26. The molecule has 19 heavy (non-hydrogen) atoms. The summed E-state index contributed by atoms with van der Waals surface area (Å²) in [6, 6.07) is 4.07. The Kier molecular flexibility index (Phi) is 3.37. The molecule has 0 aliphatic carbocycles. The Morgan fingerprint density at radius 2 is 1.84 bits per heavy atom. The predicted molar refractivity (Wildman–Crippen MR) is 75.3 cm³/mol. The quantitative estimate of drug-likeness (QED) is 0.892. The zero-order chi connectivity index (χ0) is 14.2. The third kappa shape index (κ3) is 2.63. The summed E-state index contributed by atoms with van der Waals surface area (Å²) in [5, 5.41) is 9.95. The third-order valence-electron chi connectivity index (χ3n) is 3.26. The summed E-state index contributed by atoms with van der Waals surface area (Å²) in [4.78, 5) is 7.38. The number of ether oxygens (including phenoxy) is 1. The van der Waals surface area contributed by atoms with E-state index in [1.54, 1.807) is 27.2 Å². The highest BCUT2D eigenvalue weighted by Gasteiger charge is 2.21. The molecule has 0 bridgehead atoms. The standard InChI is InChI=1S/C15H20N2O2/c1-9-6-11(13(19-5)7-10(9)2)12-8-16-14(17-12)15(3,4)18/h6-8,18H,1-5H3,(H,16,17). The van der Waals surface area contributed by atoms with Crippen molar-refractivity contribution >= 4 is 0 Å². The van der Waals surface area contributed by atoms with Crippen LogP contribution in [0, 0.1) is 13.8 Å². The van der Waals surface area contributed by atoms with Gasteiger partial charge in [0, 0.05) is 5.56 Å². The van der Waals surface area contributed by atoms with Crippen molar-refractivity contribution in [1.82, 2.24) is 9.97 Å². The van der Waals surface area contributed by atoms with Crippen LogP contribution in [-0.2, 0) is 5.60 Å². The van der Waals surface area contributed by atoms with Gasteiger partial charge in [-0.25, -0.2) is 4.98 Å². The first-order chi connectivity index (χ1) is 8.82. The van der Waals surface area contributed by atoms with Gasteiger partial charge in [-0.15, -0.1) is 0 Å². The molecule has 0 saturated heterocycles. The molecule has 2 rings (SSSR count). The highest BCUT2D eigenvalue weighted by atomic mass is 16.5. The lowest BCUT2D eigenvalue weighted by Crippen LogP contribution is -2.17. The number of nitrogens with one attached hydrogen (secondary N) is 1. The molecule has 1 heterocycles. The first kappa shape index (κ1) is 13.6. The van der Waals surface area contributed by atoms with Crippen LogP contribution in [0.5, 0.6) is 5.75 Å². The molecule has 0 unspecified atom stereocenters. The average molecular weight is 260 g/mol. The fourth-order valence-corrected chi connectivity index (χ4v) is 1.94. The van der Waals surface area contributed by atoms with Crippen LogP contribution < -0.4 is 4.74 Å². The highest BCUT2D eigenvalue weighted by Crippen LogP contribution is 2.32. The molecule has 1 aromatic carbocycles. The van der Waals surface area contributed by atoms with Crippen LogP contribution in [0.3, 0.4) is 0 Å².